The number of rotatable bonds is 4. The summed E-state index contributed by atoms with van der Waals surface area (Å²) in [4.78, 5) is 0. The van der Waals surface area contributed by atoms with E-state index >= 15 is 0 Å². The van der Waals surface area contributed by atoms with E-state index in [1.54, 1.807) is 0 Å². The second-order valence-electron chi connectivity index (χ2n) is 7.90. The smallest absolute Gasteiger partial charge is 0.183 e. The van der Waals surface area contributed by atoms with E-state index in [1.807, 2.05) is 0 Å². The van der Waals surface area contributed by atoms with E-state index in [0.717, 1.165) is 0 Å². The molecule has 1 aliphatic rings. The highest BCUT2D eigenvalue weighted by Gasteiger charge is 2.54. The van der Waals surface area contributed by atoms with E-state index in [1.165, 1.54) is 32.8 Å². The van der Waals surface area contributed by atoms with Gasteiger partial charge in [0.15, 0.2) is 16.5 Å². The van der Waals surface area contributed by atoms with Gasteiger partial charge in [0.1, 0.15) is 0 Å². The molecule has 29 heavy (non-hydrogen) atoms. The molecule has 0 aliphatic carbocycles. The van der Waals surface area contributed by atoms with Crippen molar-refractivity contribution in [2.24, 2.45) is 0 Å². The van der Waals surface area contributed by atoms with Crippen LogP contribution in [0.15, 0.2) is 121 Å². The number of nitrogens with one attached hydrogen (secondary N) is 1. The summed E-state index contributed by atoms with van der Waals surface area (Å²) >= 11 is 0. The van der Waals surface area contributed by atoms with Gasteiger partial charge < -0.3 is 4.65 Å². The maximum Gasteiger partial charge on any atom is 0.183 e. The van der Waals surface area contributed by atoms with E-state index in [4.69, 9.17) is 0 Å². The Hall–Kier alpha value is -2.73. The lowest BCUT2D eigenvalue weighted by atomic mass is 10.4. The molecule has 1 saturated heterocycles. The summed E-state index contributed by atoms with van der Waals surface area (Å²) in [5.41, 5.74) is 0. The molecule has 142 valence electrons. The summed E-state index contributed by atoms with van der Waals surface area (Å²) in [6.45, 7) is 0. The zero-order valence-electron chi connectivity index (χ0n) is 16.5. The van der Waals surface area contributed by atoms with E-state index in [9.17, 15) is 0 Å². The molecule has 0 radical (unpaired) electrons. The van der Waals surface area contributed by atoms with Gasteiger partial charge in [-0.2, -0.15) is 0 Å². The van der Waals surface area contributed by atoms with Gasteiger partial charge in [-0.3, -0.25) is 0 Å². The van der Waals surface area contributed by atoms with Crippen LogP contribution < -0.4 is 25.4 Å². The maximum absolute atomic E-state index is 4.46. The van der Waals surface area contributed by atoms with Crippen molar-refractivity contribution in [1.82, 2.24) is 4.65 Å². The first kappa shape index (κ1) is 18.3. The third kappa shape index (κ3) is 3.12. The molecule has 4 aromatic carbocycles. The van der Waals surface area contributed by atoms with Crippen LogP contribution in [0.25, 0.3) is 0 Å². The number of hydrogen-bond acceptors (Lipinski definition) is 1. The Morgan fingerprint density at radius 2 is 0.621 bits per heavy atom. The van der Waals surface area contributed by atoms with Gasteiger partial charge in [-0.15, -0.1) is 0 Å². The summed E-state index contributed by atoms with van der Waals surface area (Å²) < 4.78 is 4.46. The summed E-state index contributed by atoms with van der Waals surface area (Å²) in [6, 6.07) is 47.3. The normalized spacial score (nSPS) is 17.1. The summed E-state index contributed by atoms with van der Waals surface area (Å²) in [7, 11) is -4.15. The van der Waals surface area contributed by atoms with Crippen LogP contribution in [0.2, 0.25) is 12.1 Å². The maximum atomic E-state index is 4.46. The minimum Gasteiger partial charge on any atom is -0.345 e. The molecule has 0 spiro atoms. The molecule has 0 atom stereocenters. The molecule has 3 heteroatoms. The van der Waals surface area contributed by atoms with Crippen LogP contribution in [0.4, 0.5) is 0 Å². The van der Waals surface area contributed by atoms with E-state index in [2.05, 4.69) is 126 Å². The molecule has 0 aromatic heterocycles. The molecule has 5 rings (SSSR count). The first-order valence-corrected chi connectivity index (χ1v) is 14.8. The highest BCUT2D eigenvalue weighted by Crippen LogP contribution is 2.27. The van der Waals surface area contributed by atoms with Gasteiger partial charge in [-0.05, 0) is 32.8 Å². The van der Waals surface area contributed by atoms with Crippen LogP contribution in [0.3, 0.4) is 0 Å². The van der Waals surface area contributed by atoms with Crippen LogP contribution >= 0.6 is 0 Å². The highest BCUT2D eigenvalue weighted by molar-refractivity contribution is 7.17. The average Bonchev–Trinajstić information content (AvgIpc) is 3.25. The van der Waals surface area contributed by atoms with Crippen LogP contribution in [0.5, 0.6) is 0 Å². The Kier molecular flexibility index (Phi) is 4.80. The predicted octanol–water partition coefficient (Wildman–Crippen LogP) is 3.11. The molecule has 1 aliphatic heterocycles. The zero-order valence-corrected chi connectivity index (χ0v) is 18.5. The Balaban J connectivity index is 1.72. The molecule has 0 unspecified atom stereocenters. The molecule has 0 saturated carbocycles. The molecule has 0 amide bonds. The third-order valence-corrected chi connectivity index (χ3v) is 17.6. The molecule has 1 fully saturated rings. The Morgan fingerprint density at radius 3 is 0.862 bits per heavy atom. The van der Waals surface area contributed by atoms with Crippen LogP contribution in [0.1, 0.15) is 0 Å². The fourth-order valence-electron chi connectivity index (χ4n) is 4.95. The van der Waals surface area contributed by atoms with Crippen molar-refractivity contribution < 1.29 is 0 Å². The van der Waals surface area contributed by atoms with E-state index in [0.29, 0.717) is 0 Å². The lowest BCUT2D eigenvalue weighted by Gasteiger charge is -2.35. The second-order valence-corrected chi connectivity index (χ2v) is 15.8. The zero-order chi connectivity index (χ0) is 19.6. The first-order chi connectivity index (χ1) is 14.3. The standard InChI is InChI=1S/C26H25NSi2/c1-5-13-23(14-6-1)28(24-15-7-2-8-16-24)21-22-29(27-28,25-17-9-3-10-18-25)26-19-11-4-12-20-26/h1-20,27H,21-22H2. The fourth-order valence-corrected chi connectivity index (χ4v) is 19.0. The van der Waals surface area contributed by atoms with Crippen LogP contribution in [-0.2, 0) is 0 Å². The van der Waals surface area contributed by atoms with Gasteiger partial charge in [0, 0.05) is 0 Å². The molecular formula is C26H25NSi2. The van der Waals surface area contributed by atoms with Crippen molar-refractivity contribution >= 4 is 37.2 Å². The van der Waals surface area contributed by atoms with Crippen molar-refractivity contribution in [3.05, 3.63) is 121 Å². The van der Waals surface area contributed by atoms with Crippen molar-refractivity contribution in [3.8, 4) is 0 Å². The van der Waals surface area contributed by atoms with Gasteiger partial charge in [-0.25, -0.2) is 0 Å². The molecule has 4 aromatic rings. The minimum atomic E-state index is -2.07. The van der Waals surface area contributed by atoms with Gasteiger partial charge in [0.2, 0.25) is 0 Å². The average molecular weight is 408 g/mol. The largest absolute Gasteiger partial charge is 0.345 e. The highest BCUT2D eigenvalue weighted by atomic mass is 28.4. The number of hydrogen-bond donors (Lipinski definition) is 1. The Labute approximate surface area is 175 Å². The third-order valence-electron chi connectivity index (χ3n) is 6.37. The fraction of sp³-hybridized carbons (Fsp3) is 0.0769. The van der Waals surface area contributed by atoms with Crippen molar-refractivity contribution in [2.75, 3.05) is 0 Å². The Morgan fingerprint density at radius 1 is 0.379 bits per heavy atom. The molecule has 1 heterocycles. The van der Waals surface area contributed by atoms with Gasteiger partial charge >= 0.3 is 0 Å². The van der Waals surface area contributed by atoms with Gasteiger partial charge in [0.25, 0.3) is 0 Å². The predicted molar refractivity (Wildman–Crippen MR) is 129 cm³/mol. The molecule has 1 nitrogen and oxygen atoms in total. The summed E-state index contributed by atoms with van der Waals surface area (Å²) in [5.74, 6) is 0. The second kappa shape index (κ2) is 7.60. The number of benzene rings is 4. The van der Waals surface area contributed by atoms with Gasteiger partial charge in [0.05, 0.1) is 0 Å². The monoisotopic (exact) mass is 407 g/mol. The Bertz CT molecular complexity index is 899. The first-order valence-electron chi connectivity index (χ1n) is 10.3. The molecule has 0 bridgehead atoms. The van der Waals surface area contributed by atoms with E-state index in [-0.39, 0.29) is 0 Å². The van der Waals surface area contributed by atoms with Gasteiger partial charge in [-0.1, -0.05) is 121 Å². The molecule has 1 N–H and O–H groups in total. The summed E-state index contributed by atoms with van der Waals surface area (Å²) in [6.07, 6.45) is 0. The lowest BCUT2D eigenvalue weighted by molar-refractivity contribution is 1.38. The molecular weight excluding hydrogens is 382 g/mol. The quantitative estimate of drug-likeness (QED) is 0.513. The van der Waals surface area contributed by atoms with Crippen molar-refractivity contribution in [1.29, 1.82) is 0 Å². The van der Waals surface area contributed by atoms with Crippen LogP contribution in [-0.4, -0.2) is 16.5 Å². The van der Waals surface area contributed by atoms with Crippen LogP contribution in [0, 0.1) is 0 Å². The minimum absolute atomic E-state index is 1.23. The lowest BCUT2D eigenvalue weighted by Crippen LogP contribution is -2.77. The SMILES string of the molecule is c1ccc([Si]2(c3ccccc3)CC[Si](c3ccccc3)(c3ccccc3)N2)cc1. The summed E-state index contributed by atoms with van der Waals surface area (Å²) in [5, 5.41) is 5.97. The van der Waals surface area contributed by atoms with Crippen molar-refractivity contribution in [2.45, 2.75) is 12.1 Å². The topological polar surface area (TPSA) is 12.0 Å². The van der Waals surface area contributed by atoms with E-state index < -0.39 is 16.5 Å². The van der Waals surface area contributed by atoms with Crippen molar-refractivity contribution in [3.63, 3.8) is 0 Å².